The Morgan fingerprint density at radius 2 is 2.28 bits per heavy atom. The van der Waals surface area contributed by atoms with E-state index in [2.05, 4.69) is 16.9 Å². The molecule has 96 valence electrons. The molecule has 2 rings (SSSR count). The van der Waals surface area contributed by atoms with Gasteiger partial charge in [0, 0.05) is 5.92 Å². The van der Waals surface area contributed by atoms with Crippen LogP contribution >= 0.6 is 0 Å². The van der Waals surface area contributed by atoms with Crippen LogP contribution in [-0.4, -0.2) is 21.0 Å². The molecule has 18 heavy (non-hydrogen) atoms. The number of carboxylic acids is 1. The molecular formula is C13H15FN2O2. The molecule has 2 N–H and O–H groups in total. The fourth-order valence-electron chi connectivity index (χ4n) is 2.07. The summed E-state index contributed by atoms with van der Waals surface area (Å²) in [6.45, 7) is 4.08. The van der Waals surface area contributed by atoms with Crippen molar-refractivity contribution in [2.45, 2.75) is 32.6 Å². The fourth-order valence-corrected chi connectivity index (χ4v) is 2.07. The number of nitrogens with one attached hydrogen (secondary N) is 1. The Labute approximate surface area is 104 Å². The van der Waals surface area contributed by atoms with Gasteiger partial charge in [0.05, 0.1) is 11.1 Å². The van der Waals surface area contributed by atoms with Crippen LogP contribution in [0.1, 0.15) is 48.8 Å². The maximum atomic E-state index is 13.3. The molecule has 0 saturated heterocycles. The van der Waals surface area contributed by atoms with Gasteiger partial charge in [-0.2, -0.15) is 0 Å². The normalized spacial score (nSPS) is 12.8. The van der Waals surface area contributed by atoms with Crippen molar-refractivity contribution in [3.63, 3.8) is 0 Å². The number of hydrogen-bond donors (Lipinski definition) is 2. The highest BCUT2D eigenvalue weighted by Gasteiger charge is 2.17. The molecule has 1 unspecified atom stereocenters. The number of carboxylic acid groups (broad SMARTS) is 1. The van der Waals surface area contributed by atoms with Crippen molar-refractivity contribution in [3.05, 3.63) is 29.3 Å². The molecular weight excluding hydrogens is 235 g/mol. The summed E-state index contributed by atoms with van der Waals surface area (Å²) in [4.78, 5) is 18.3. The first kappa shape index (κ1) is 12.5. The summed E-state index contributed by atoms with van der Waals surface area (Å²) in [5.74, 6) is -0.828. The SMILES string of the molecule is CCCC(C)c1nc2c(C(=O)O)cc(F)cc2[nH]1. The van der Waals surface area contributed by atoms with E-state index in [4.69, 9.17) is 5.11 Å². The molecule has 0 aliphatic heterocycles. The Morgan fingerprint density at radius 1 is 1.56 bits per heavy atom. The molecule has 0 aliphatic rings. The van der Waals surface area contributed by atoms with E-state index in [0.29, 0.717) is 16.9 Å². The second-order valence-corrected chi connectivity index (χ2v) is 4.47. The molecule has 0 aliphatic carbocycles. The smallest absolute Gasteiger partial charge is 0.338 e. The third-order valence-corrected chi connectivity index (χ3v) is 2.99. The van der Waals surface area contributed by atoms with Gasteiger partial charge in [-0.25, -0.2) is 14.2 Å². The lowest BCUT2D eigenvalue weighted by molar-refractivity contribution is 0.0698. The molecule has 0 amide bonds. The van der Waals surface area contributed by atoms with Gasteiger partial charge in [-0.3, -0.25) is 0 Å². The highest BCUT2D eigenvalue weighted by atomic mass is 19.1. The maximum absolute atomic E-state index is 13.3. The van der Waals surface area contributed by atoms with E-state index in [-0.39, 0.29) is 11.5 Å². The Kier molecular flexibility index (Phi) is 3.32. The van der Waals surface area contributed by atoms with Gasteiger partial charge in [-0.05, 0) is 18.6 Å². The van der Waals surface area contributed by atoms with Gasteiger partial charge in [-0.15, -0.1) is 0 Å². The third kappa shape index (κ3) is 2.20. The Balaban J connectivity index is 2.56. The molecule has 1 aromatic carbocycles. The highest BCUT2D eigenvalue weighted by Crippen LogP contribution is 2.24. The first-order valence-corrected chi connectivity index (χ1v) is 5.95. The van der Waals surface area contributed by atoms with Gasteiger partial charge >= 0.3 is 5.97 Å². The van der Waals surface area contributed by atoms with E-state index in [1.165, 1.54) is 6.07 Å². The van der Waals surface area contributed by atoms with Crippen molar-refractivity contribution in [1.82, 2.24) is 9.97 Å². The fraction of sp³-hybridized carbons (Fsp3) is 0.385. The minimum Gasteiger partial charge on any atom is -0.478 e. The van der Waals surface area contributed by atoms with Gasteiger partial charge in [0.2, 0.25) is 0 Å². The highest BCUT2D eigenvalue weighted by molar-refractivity contribution is 6.01. The number of carbonyl (C=O) groups is 1. The van der Waals surface area contributed by atoms with Crippen molar-refractivity contribution >= 4 is 17.0 Å². The monoisotopic (exact) mass is 250 g/mol. The van der Waals surface area contributed by atoms with Crippen LogP contribution in [0.25, 0.3) is 11.0 Å². The maximum Gasteiger partial charge on any atom is 0.338 e. The molecule has 0 saturated carbocycles. The van der Waals surface area contributed by atoms with Crippen molar-refractivity contribution < 1.29 is 14.3 Å². The summed E-state index contributed by atoms with van der Waals surface area (Å²) < 4.78 is 13.3. The number of aromatic nitrogens is 2. The van der Waals surface area contributed by atoms with E-state index in [0.717, 1.165) is 18.9 Å². The zero-order valence-corrected chi connectivity index (χ0v) is 10.3. The van der Waals surface area contributed by atoms with Crippen LogP contribution < -0.4 is 0 Å². The number of fused-ring (bicyclic) bond motifs is 1. The predicted octanol–water partition coefficient (Wildman–Crippen LogP) is 3.30. The summed E-state index contributed by atoms with van der Waals surface area (Å²) >= 11 is 0. The lowest BCUT2D eigenvalue weighted by atomic mass is 10.1. The quantitative estimate of drug-likeness (QED) is 0.874. The standard InChI is InChI=1S/C13H15FN2O2/c1-3-4-7(2)12-15-10-6-8(14)5-9(13(17)18)11(10)16-12/h5-7H,3-4H2,1-2H3,(H,15,16)(H,17,18). The predicted molar refractivity (Wildman–Crippen MR) is 66.3 cm³/mol. The van der Waals surface area contributed by atoms with Crippen molar-refractivity contribution in [2.24, 2.45) is 0 Å². The first-order chi connectivity index (χ1) is 8.52. The number of aromatic amines is 1. The molecule has 1 atom stereocenters. The lowest BCUT2D eigenvalue weighted by Gasteiger charge is -2.04. The number of nitrogens with zero attached hydrogens (tertiary/aromatic N) is 1. The van der Waals surface area contributed by atoms with E-state index < -0.39 is 11.8 Å². The van der Waals surface area contributed by atoms with Crippen LogP contribution in [0.4, 0.5) is 4.39 Å². The van der Waals surface area contributed by atoms with Crippen LogP contribution in [0, 0.1) is 5.82 Å². The summed E-state index contributed by atoms with van der Waals surface area (Å²) in [5.41, 5.74) is 0.656. The number of benzene rings is 1. The van der Waals surface area contributed by atoms with Crippen LogP contribution in [-0.2, 0) is 0 Å². The van der Waals surface area contributed by atoms with Crippen molar-refractivity contribution in [1.29, 1.82) is 0 Å². The largest absolute Gasteiger partial charge is 0.478 e. The number of rotatable bonds is 4. The Bertz CT molecular complexity index is 592. The molecule has 0 radical (unpaired) electrons. The summed E-state index contributed by atoms with van der Waals surface area (Å²) in [6.07, 6.45) is 1.96. The van der Waals surface area contributed by atoms with Gasteiger partial charge in [0.25, 0.3) is 0 Å². The van der Waals surface area contributed by atoms with Gasteiger partial charge < -0.3 is 10.1 Å². The summed E-state index contributed by atoms with van der Waals surface area (Å²) in [5, 5.41) is 9.04. The van der Waals surface area contributed by atoms with Gasteiger partial charge in [-0.1, -0.05) is 20.3 Å². The van der Waals surface area contributed by atoms with Gasteiger partial charge in [0.15, 0.2) is 0 Å². The van der Waals surface area contributed by atoms with E-state index in [1.54, 1.807) is 0 Å². The Morgan fingerprint density at radius 3 is 2.89 bits per heavy atom. The first-order valence-electron chi connectivity index (χ1n) is 5.95. The molecule has 0 fully saturated rings. The summed E-state index contributed by atoms with van der Waals surface area (Å²) in [7, 11) is 0. The molecule has 0 bridgehead atoms. The molecule has 4 nitrogen and oxygen atoms in total. The molecule has 0 spiro atoms. The number of H-pyrrole nitrogens is 1. The molecule has 1 aromatic heterocycles. The van der Waals surface area contributed by atoms with Gasteiger partial charge in [0.1, 0.15) is 17.2 Å². The number of imidazole rings is 1. The minimum atomic E-state index is -1.17. The van der Waals surface area contributed by atoms with Crippen LogP contribution in [0.15, 0.2) is 12.1 Å². The zero-order chi connectivity index (χ0) is 13.3. The van der Waals surface area contributed by atoms with E-state index in [1.807, 2.05) is 6.92 Å². The Hall–Kier alpha value is -1.91. The average Bonchev–Trinajstić information content (AvgIpc) is 2.71. The lowest BCUT2D eigenvalue weighted by Crippen LogP contribution is -1.99. The van der Waals surface area contributed by atoms with Crippen molar-refractivity contribution in [2.75, 3.05) is 0 Å². The number of hydrogen-bond acceptors (Lipinski definition) is 2. The number of halogens is 1. The van der Waals surface area contributed by atoms with Crippen LogP contribution in [0.3, 0.4) is 0 Å². The van der Waals surface area contributed by atoms with Crippen molar-refractivity contribution in [3.8, 4) is 0 Å². The third-order valence-electron chi connectivity index (χ3n) is 2.99. The minimum absolute atomic E-state index is 0.101. The number of aromatic carboxylic acids is 1. The summed E-state index contributed by atoms with van der Waals surface area (Å²) in [6, 6.07) is 2.27. The zero-order valence-electron chi connectivity index (χ0n) is 10.3. The van der Waals surface area contributed by atoms with E-state index >= 15 is 0 Å². The second-order valence-electron chi connectivity index (χ2n) is 4.47. The van der Waals surface area contributed by atoms with E-state index in [9.17, 15) is 9.18 Å². The molecule has 5 heteroatoms. The molecule has 1 heterocycles. The topological polar surface area (TPSA) is 66.0 Å². The molecule has 2 aromatic rings. The van der Waals surface area contributed by atoms with Crippen LogP contribution in [0.5, 0.6) is 0 Å². The van der Waals surface area contributed by atoms with Crippen LogP contribution in [0.2, 0.25) is 0 Å². The second kappa shape index (κ2) is 4.76. The average molecular weight is 250 g/mol.